The number of carbonyl (C=O) groups excluding carboxylic acids is 3. The summed E-state index contributed by atoms with van der Waals surface area (Å²) in [7, 11) is 0. The summed E-state index contributed by atoms with van der Waals surface area (Å²) in [5, 5.41) is 21.7. The van der Waals surface area contributed by atoms with Crippen LogP contribution < -0.4 is 5.32 Å². The lowest BCUT2D eigenvalue weighted by Crippen LogP contribution is -2.51. The van der Waals surface area contributed by atoms with Gasteiger partial charge >= 0.3 is 0 Å². The molecule has 0 spiro atoms. The van der Waals surface area contributed by atoms with Crippen molar-refractivity contribution in [2.24, 2.45) is 5.41 Å². The molecule has 0 aliphatic rings. The minimum atomic E-state index is -1.54. The molecule has 0 aromatic carbocycles. The highest BCUT2D eigenvalue weighted by molar-refractivity contribution is 9.09. The summed E-state index contributed by atoms with van der Waals surface area (Å²) in [5.74, 6) is -1.21. The molecule has 0 radical (unpaired) electrons. The molecule has 128 valence electrons. The van der Waals surface area contributed by atoms with Crippen molar-refractivity contribution in [3.05, 3.63) is 0 Å². The number of nitrogens with zero attached hydrogens (tertiary/aromatic N) is 1. The van der Waals surface area contributed by atoms with Crippen molar-refractivity contribution in [1.29, 1.82) is 0 Å². The number of imide groups is 1. The first-order valence-electron chi connectivity index (χ1n) is 6.78. The Kier molecular flexibility index (Phi) is 9.90. The number of aliphatic hydroxyl groups excluding tert-OH is 2. The van der Waals surface area contributed by atoms with E-state index in [1.165, 1.54) is 13.8 Å². The summed E-state index contributed by atoms with van der Waals surface area (Å²) in [6, 6.07) is 0. The van der Waals surface area contributed by atoms with Gasteiger partial charge in [0.2, 0.25) is 11.8 Å². The number of thiol groups is 1. The molecular weight excluding hydrogens is 376 g/mol. The largest absolute Gasteiger partial charge is 0.396 e. The van der Waals surface area contributed by atoms with Gasteiger partial charge in [0, 0.05) is 30.7 Å². The van der Waals surface area contributed by atoms with Gasteiger partial charge in [-0.2, -0.15) is 12.6 Å². The van der Waals surface area contributed by atoms with Crippen LogP contribution in [-0.4, -0.2) is 69.7 Å². The standard InChI is InChI=1S/C13H23BrN2O5S/c1-13(2,8-17)11(20)12(21)16(10(19)7-14)5-3-9(18)15-4-6-22/h11,17,20,22H,3-8H2,1-2H3,(H,15,18)/t11-/m0/s1. The first-order chi connectivity index (χ1) is 10.2. The van der Waals surface area contributed by atoms with Gasteiger partial charge in [-0.05, 0) is 0 Å². The third-order valence-corrected chi connectivity index (χ3v) is 3.76. The van der Waals surface area contributed by atoms with Gasteiger partial charge in [0.05, 0.1) is 11.9 Å². The quantitative estimate of drug-likeness (QED) is 0.311. The Morgan fingerprint density at radius 2 is 1.95 bits per heavy atom. The SMILES string of the molecule is CC(C)(CO)[C@@H](O)C(=O)N(CCC(=O)NCCS)C(=O)CBr. The summed E-state index contributed by atoms with van der Waals surface area (Å²) in [6.45, 7) is 2.85. The predicted octanol–water partition coefficient (Wildman–Crippen LogP) is -0.448. The molecule has 3 amide bonds. The van der Waals surface area contributed by atoms with Crippen LogP contribution in [0.25, 0.3) is 0 Å². The van der Waals surface area contributed by atoms with Crippen LogP contribution in [0.5, 0.6) is 0 Å². The minimum Gasteiger partial charge on any atom is -0.396 e. The van der Waals surface area contributed by atoms with Crippen LogP contribution in [0.3, 0.4) is 0 Å². The molecule has 0 aromatic rings. The summed E-state index contributed by atoms with van der Waals surface area (Å²) in [5.41, 5.74) is -1.09. The molecule has 1 atom stereocenters. The molecule has 9 heteroatoms. The van der Waals surface area contributed by atoms with E-state index in [1.54, 1.807) is 0 Å². The third-order valence-electron chi connectivity index (χ3n) is 3.06. The fourth-order valence-corrected chi connectivity index (χ4v) is 1.91. The summed E-state index contributed by atoms with van der Waals surface area (Å²) in [6.07, 6.45) is -1.61. The second-order valence-electron chi connectivity index (χ2n) is 5.39. The number of carbonyl (C=O) groups is 3. The van der Waals surface area contributed by atoms with Crippen molar-refractivity contribution in [3.8, 4) is 0 Å². The molecule has 0 aliphatic carbocycles. The Morgan fingerprint density at radius 1 is 1.36 bits per heavy atom. The number of nitrogens with one attached hydrogen (secondary N) is 1. The average molecular weight is 399 g/mol. The molecule has 22 heavy (non-hydrogen) atoms. The zero-order chi connectivity index (χ0) is 17.3. The lowest BCUT2D eigenvalue weighted by atomic mass is 9.86. The zero-order valence-electron chi connectivity index (χ0n) is 12.7. The number of aliphatic hydroxyl groups is 2. The fraction of sp³-hybridized carbons (Fsp3) is 0.769. The smallest absolute Gasteiger partial charge is 0.258 e. The van der Waals surface area contributed by atoms with E-state index in [4.69, 9.17) is 0 Å². The van der Waals surface area contributed by atoms with Crippen LogP contribution in [0.1, 0.15) is 20.3 Å². The van der Waals surface area contributed by atoms with Crippen LogP contribution in [0, 0.1) is 5.41 Å². The zero-order valence-corrected chi connectivity index (χ0v) is 15.2. The van der Waals surface area contributed by atoms with Crippen LogP contribution in [0.15, 0.2) is 0 Å². The number of rotatable bonds is 9. The van der Waals surface area contributed by atoms with E-state index in [9.17, 15) is 24.6 Å². The minimum absolute atomic E-state index is 0.0649. The number of halogens is 1. The van der Waals surface area contributed by atoms with E-state index in [0.29, 0.717) is 12.3 Å². The molecule has 7 nitrogen and oxygen atoms in total. The Balaban J connectivity index is 4.88. The first kappa shape index (κ1) is 21.4. The average Bonchev–Trinajstić information content (AvgIpc) is 2.51. The summed E-state index contributed by atoms with van der Waals surface area (Å²) < 4.78 is 0. The number of hydrogen-bond acceptors (Lipinski definition) is 6. The van der Waals surface area contributed by atoms with Gasteiger partial charge in [0.25, 0.3) is 5.91 Å². The Hall–Kier alpha value is -0.640. The number of amides is 3. The maximum atomic E-state index is 12.3. The van der Waals surface area contributed by atoms with Gasteiger partial charge in [-0.15, -0.1) is 0 Å². The van der Waals surface area contributed by atoms with E-state index >= 15 is 0 Å². The second-order valence-corrected chi connectivity index (χ2v) is 6.40. The van der Waals surface area contributed by atoms with Crippen molar-refractivity contribution >= 4 is 46.3 Å². The van der Waals surface area contributed by atoms with Crippen LogP contribution in [-0.2, 0) is 14.4 Å². The van der Waals surface area contributed by atoms with Gasteiger partial charge in [0.1, 0.15) is 6.10 Å². The van der Waals surface area contributed by atoms with Crippen LogP contribution in [0.2, 0.25) is 0 Å². The van der Waals surface area contributed by atoms with E-state index < -0.39 is 29.9 Å². The molecule has 0 aromatic heterocycles. The fourth-order valence-electron chi connectivity index (χ4n) is 1.50. The van der Waals surface area contributed by atoms with Crippen molar-refractivity contribution in [1.82, 2.24) is 10.2 Å². The lowest BCUT2D eigenvalue weighted by molar-refractivity contribution is -0.155. The van der Waals surface area contributed by atoms with Crippen molar-refractivity contribution in [3.63, 3.8) is 0 Å². The molecule has 0 fully saturated rings. The topological polar surface area (TPSA) is 107 Å². The monoisotopic (exact) mass is 398 g/mol. The van der Waals surface area contributed by atoms with E-state index in [2.05, 4.69) is 33.9 Å². The third kappa shape index (κ3) is 6.64. The summed E-state index contributed by atoms with van der Waals surface area (Å²) in [4.78, 5) is 36.5. The Morgan fingerprint density at radius 3 is 2.41 bits per heavy atom. The molecule has 0 unspecified atom stereocenters. The highest BCUT2D eigenvalue weighted by atomic mass is 79.9. The van der Waals surface area contributed by atoms with Gasteiger partial charge in [-0.25, -0.2) is 0 Å². The van der Waals surface area contributed by atoms with E-state index in [0.717, 1.165) is 4.90 Å². The maximum absolute atomic E-state index is 12.3. The molecule has 0 saturated heterocycles. The molecular formula is C13H23BrN2O5S. The maximum Gasteiger partial charge on any atom is 0.258 e. The molecule has 3 N–H and O–H groups in total. The van der Waals surface area contributed by atoms with Crippen molar-refractivity contribution < 1.29 is 24.6 Å². The first-order valence-corrected chi connectivity index (χ1v) is 8.53. The number of hydrogen-bond donors (Lipinski definition) is 4. The van der Waals surface area contributed by atoms with Crippen LogP contribution >= 0.6 is 28.6 Å². The van der Waals surface area contributed by atoms with Gasteiger partial charge in [-0.3, -0.25) is 19.3 Å². The highest BCUT2D eigenvalue weighted by Crippen LogP contribution is 2.21. The molecule has 0 heterocycles. The van der Waals surface area contributed by atoms with E-state index in [-0.39, 0.29) is 24.2 Å². The normalized spacial score (nSPS) is 12.6. The molecule has 0 saturated carbocycles. The van der Waals surface area contributed by atoms with E-state index in [1.807, 2.05) is 0 Å². The second kappa shape index (κ2) is 10.2. The lowest BCUT2D eigenvalue weighted by Gasteiger charge is -2.31. The van der Waals surface area contributed by atoms with Gasteiger partial charge < -0.3 is 15.5 Å². The molecule has 0 bridgehead atoms. The highest BCUT2D eigenvalue weighted by Gasteiger charge is 2.37. The van der Waals surface area contributed by atoms with Crippen molar-refractivity contribution in [2.75, 3.05) is 30.8 Å². The predicted molar refractivity (Wildman–Crippen MR) is 88.9 cm³/mol. The van der Waals surface area contributed by atoms with Crippen LogP contribution in [0.4, 0.5) is 0 Å². The molecule has 0 aliphatic heterocycles. The van der Waals surface area contributed by atoms with Gasteiger partial charge in [-0.1, -0.05) is 29.8 Å². The number of alkyl halides is 1. The Labute approximate surface area is 144 Å². The Bertz CT molecular complexity index is 406. The summed E-state index contributed by atoms with van der Waals surface area (Å²) >= 11 is 6.92. The van der Waals surface area contributed by atoms with Crippen molar-refractivity contribution in [2.45, 2.75) is 26.4 Å². The molecule has 0 rings (SSSR count). The van der Waals surface area contributed by atoms with Gasteiger partial charge in [0.15, 0.2) is 0 Å².